The van der Waals surface area contributed by atoms with Crippen molar-refractivity contribution in [2.24, 2.45) is 0 Å². The zero-order valence-electron chi connectivity index (χ0n) is 8.93. The molecule has 0 saturated heterocycles. The molecule has 0 saturated carbocycles. The van der Waals surface area contributed by atoms with Crippen LogP contribution in [0.1, 0.15) is 16.2 Å². The summed E-state index contributed by atoms with van der Waals surface area (Å²) in [5, 5.41) is 0. The lowest BCUT2D eigenvalue weighted by Gasteiger charge is -2.04. The van der Waals surface area contributed by atoms with Crippen LogP contribution in [0.2, 0.25) is 0 Å². The van der Waals surface area contributed by atoms with Gasteiger partial charge in [0.25, 0.3) is 0 Å². The zero-order valence-corrected chi connectivity index (χ0v) is 8.93. The highest BCUT2D eigenvalue weighted by atomic mass is 16.5. The van der Waals surface area contributed by atoms with Gasteiger partial charge in [0.15, 0.2) is 5.69 Å². The van der Waals surface area contributed by atoms with E-state index in [2.05, 4.69) is 14.7 Å². The molecule has 0 bridgehead atoms. The van der Waals surface area contributed by atoms with Gasteiger partial charge in [-0.2, -0.15) is 0 Å². The molecule has 0 aromatic carbocycles. The first-order valence-corrected chi connectivity index (χ1v) is 4.68. The number of aromatic nitrogens is 2. The second kappa shape index (κ2) is 4.14. The Balaban J connectivity index is 2.57. The van der Waals surface area contributed by atoms with Crippen LogP contribution in [0, 0.1) is 6.92 Å². The highest BCUT2D eigenvalue weighted by Crippen LogP contribution is 2.21. The number of nitrogens with zero attached hydrogens (tertiary/aromatic N) is 2. The van der Waals surface area contributed by atoms with Gasteiger partial charge in [-0.15, -0.1) is 0 Å². The minimum Gasteiger partial charge on any atom is -0.464 e. The van der Waals surface area contributed by atoms with Crippen LogP contribution >= 0.6 is 0 Å². The molecule has 0 amide bonds. The Morgan fingerprint density at radius 1 is 1.44 bits per heavy atom. The first-order chi connectivity index (χ1) is 7.72. The lowest BCUT2D eigenvalue weighted by atomic mass is 10.1. The smallest absolute Gasteiger partial charge is 0.357 e. The van der Waals surface area contributed by atoms with E-state index in [1.54, 1.807) is 19.1 Å². The summed E-state index contributed by atoms with van der Waals surface area (Å²) in [6, 6.07) is 3.52. The summed E-state index contributed by atoms with van der Waals surface area (Å²) < 4.78 is 9.79. The van der Waals surface area contributed by atoms with E-state index in [4.69, 9.17) is 4.42 Å². The molecular weight excluding hydrogens is 208 g/mol. The van der Waals surface area contributed by atoms with Crippen molar-refractivity contribution in [3.8, 4) is 11.5 Å². The van der Waals surface area contributed by atoms with E-state index in [-0.39, 0.29) is 5.69 Å². The number of methoxy groups -OCH3 is 1. The fourth-order valence-electron chi connectivity index (χ4n) is 1.34. The predicted molar refractivity (Wildman–Crippen MR) is 55.8 cm³/mol. The summed E-state index contributed by atoms with van der Waals surface area (Å²) in [6.07, 6.45) is 2.95. The standard InChI is InChI=1S/C11H10N2O3/c1-7-3-4-8(10-12-5-6-16-10)9(13-7)11(14)15-2/h3-6H,1-2H3. The van der Waals surface area contributed by atoms with E-state index < -0.39 is 5.97 Å². The van der Waals surface area contributed by atoms with Crippen LogP contribution in [0.3, 0.4) is 0 Å². The summed E-state index contributed by atoms with van der Waals surface area (Å²) in [6.45, 7) is 1.80. The van der Waals surface area contributed by atoms with Crippen LogP contribution in [-0.2, 0) is 4.74 Å². The Kier molecular flexibility index (Phi) is 2.68. The maximum atomic E-state index is 11.5. The van der Waals surface area contributed by atoms with Gasteiger partial charge in [-0.25, -0.2) is 14.8 Å². The van der Waals surface area contributed by atoms with Crippen molar-refractivity contribution in [2.75, 3.05) is 7.11 Å². The molecule has 0 spiro atoms. The van der Waals surface area contributed by atoms with Gasteiger partial charge >= 0.3 is 5.97 Å². The molecule has 0 aliphatic carbocycles. The second-order valence-corrected chi connectivity index (χ2v) is 3.18. The predicted octanol–water partition coefficient (Wildman–Crippen LogP) is 1.83. The molecule has 82 valence electrons. The largest absolute Gasteiger partial charge is 0.464 e. The van der Waals surface area contributed by atoms with Gasteiger partial charge in [0, 0.05) is 5.69 Å². The summed E-state index contributed by atoms with van der Waals surface area (Å²) in [4.78, 5) is 19.6. The molecule has 2 aromatic rings. The van der Waals surface area contributed by atoms with Crippen LogP contribution in [-0.4, -0.2) is 23.0 Å². The molecule has 5 nitrogen and oxygen atoms in total. The van der Waals surface area contributed by atoms with E-state index in [1.165, 1.54) is 19.6 Å². The molecule has 2 aromatic heterocycles. The lowest BCUT2D eigenvalue weighted by molar-refractivity contribution is 0.0594. The average Bonchev–Trinajstić information content (AvgIpc) is 2.81. The Morgan fingerprint density at radius 3 is 2.88 bits per heavy atom. The van der Waals surface area contributed by atoms with E-state index in [0.29, 0.717) is 11.5 Å². The highest BCUT2D eigenvalue weighted by Gasteiger charge is 2.17. The van der Waals surface area contributed by atoms with Crippen molar-refractivity contribution >= 4 is 5.97 Å². The molecule has 2 rings (SSSR count). The molecule has 0 radical (unpaired) electrons. The third-order valence-corrected chi connectivity index (χ3v) is 2.08. The normalized spacial score (nSPS) is 10.1. The van der Waals surface area contributed by atoms with E-state index in [1.807, 2.05) is 0 Å². The molecular formula is C11H10N2O3. The monoisotopic (exact) mass is 218 g/mol. The molecule has 0 unspecified atom stereocenters. The maximum Gasteiger partial charge on any atom is 0.357 e. The number of rotatable bonds is 2. The molecule has 0 aliphatic rings. The first kappa shape index (κ1) is 10.4. The third kappa shape index (κ3) is 1.79. The molecule has 5 heteroatoms. The van der Waals surface area contributed by atoms with Crippen molar-refractivity contribution in [3.05, 3.63) is 36.0 Å². The van der Waals surface area contributed by atoms with Crippen molar-refractivity contribution in [1.82, 2.24) is 9.97 Å². The number of pyridine rings is 1. The van der Waals surface area contributed by atoms with Crippen molar-refractivity contribution in [1.29, 1.82) is 0 Å². The van der Waals surface area contributed by atoms with Crippen LogP contribution in [0.25, 0.3) is 11.5 Å². The van der Waals surface area contributed by atoms with Crippen molar-refractivity contribution in [3.63, 3.8) is 0 Å². The fourth-order valence-corrected chi connectivity index (χ4v) is 1.34. The Morgan fingerprint density at radius 2 is 2.25 bits per heavy atom. The van der Waals surface area contributed by atoms with Crippen LogP contribution in [0.5, 0.6) is 0 Å². The molecule has 0 aliphatic heterocycles. The molecule has 2 heterocycles. The van der Waals surface area contributed by atoms with Gasteiger partial charge in [0.05, 0.1) is 18.9 Å². The summed E-state index contributed by atoms with van der Waals surface area (Å²) in [5.74, 6) is -0.148. The van der Waals surface area contributed by atoms with Gasteiger partial charge in [-0.1, -0.05) is 0 Å². The number of aryl methyl sites for hydroxylation is 1. The number of hydrogen-bond acceptors (Lipinski definition) is 5. The second-order valence-electron chi connectivity index (χ2n) is 3.18. The zero-order chi connectivity index (χ0) is 11.5. The van der Waals surface area contributed by atoms with Crippen LogP contribution < -0.4 is 0 Å². The number of ether oxygens (including phenoxy) is 1. The van der Waals surface area contributed by atoms with Crippen LogP contribution in [0.4, 0.5) is 0 Å². The average molecular weight is 218 g/mol. The minimum absolute atomic E-state index is 0.213. The summed E-state index contributed by atoms with van der Waals surface area (Å²) in [7, 11) is 1.31. The van der Waals surface area contributed by atoms with Gasteiger partial charge in [0.1, 0.15) is 6.26 Å². The SMILES string of the molecule is COC(=O)c1nc(C)ccc1-c1ncco1. The molecule has 0 fully saturated rings. The topological polar surface area (TPSA) is 65.2 Å². The first-order valence-electron chi connectivity index (χ1n) is 4.68. The number of carbonyl (C=O) groups is 1. The van der Waals surface area contributed by atoms with Crippen LogP contribution in [0.15, 0.2) is 29.0 Å². The van der Waals surface area contributed by atoms with Gasteiger partial charge in [-0.05, 0) is 19.1 Å². The summed E-state index contributed by atoms with van der Waals surface area (Å²) >= 11 is 0. The van der Waals surface area contributed by atoms with Crippen molar-refractivity contribution in [2.45, 2.75) is 6.92 Å². The number of hydrogen-bond donors (Lipinski definition) is 0. The fraction of sp³-hybridized carbons (Fsp3) is 0.182. The lowest BCUT2D eigenvalue weighted by Crippen LogP contribution is -2.07. The quantitative estimate of drug-likeness (QED) is 0.719. The number of esters is 1. The van der Waals surface area contributed by atoms with E-state index in [0.717, 1.165) is 5.69 Å². The maximum absolute atomic E-state index is 11.5. The third-order valence-electron chi connectivity index (χ3n) is 2.08. The van der Waals surface area contributed by atoms with E-state index >= 15 is 0 Å². The molecule has 0 N–H and O–H groups in total. The van der Waals surface area contributed by atoms with Crippen molar-refractivity contribution < 1.29 is 13.9 Å². The number of oxazole rings is 1. The van der Waals surface area contributed by atoms with Gasteiger partial charge in [0.2, 0.25) is 5.89 Å². The number of carbonyl (C=O) groups excluding carboxylic acids is 1. The molecule has 16 heavy (non-hydrogen) atoms. The highest BCUT2D eigenvalue weighted by molar-refractivity contribution is 5.93. The molecule has 0 atom stereocenters. The Hall–Kier alpha value is -2.17. The Labute approximate surface area is 92.1 Å². The minimum atomic E-state index is -0.503. The van der Waals surface area contributed by atoms with E-state index in [9.17, 15) is 4.79 Å². The van der Waals surface area contributed by atoms with Gasteiger partial charge in [-0.3, -0.25) is 0 Å². The summed E-state index contributed by atoms with van der Waals surface area (Å²) in [5.41, 5.74) is 1.48. The van der Waals surface area contributed by atoms with Gasteiger partial charge < -0.3 is 9.15 Å². The Bertz CT molecular complexity index is 506.